The first-order chi connectivity index (χ1) is 7.76. The van der Waals surface area contributed by atoms with Crippen molar-refractivity contribution in [1.82, 2.24) is 0 Å². The summed E-state index contributed by atoms with van der Waals surface area (Å²) in [5.74, 6) is 0.193. The van der Waals surface area contributed by atoms with Crippen LogP contribution in [-0.4, -0.2) is 13.5 Å². The number of nitrogens with zero attached hydrogens (tertiary/aromatic N) is 1. The summed E-state index contributed by atoms with van der Waals surface area (Å²) in [5.41, 5.74) is 2.36. The van der Waals surface area contributed by atoms with Gasteiger partial charge in [0.2, 0.25) is 0 Å². The van der Waals surface area contributed by atoms with Crippen molar-refractivity contribution in [1.29, 1.82) is 5.26 Å². The van der Waals surface area contributed by atoms with E-state index in [0.717, 1.165) is 0 Å². The van der Waals surface area contributed by atoms with Crippen LogP contribution in [0.3, 0.4) is 0 Å². The molecule has 17 heavy (non-hydrogen) atoms. The summed E-state index contributed by atoms with van der Waals surface area (Å²) in [6, 6.07) is 3.50. The van der Waals surface area contributed by atoms with Gasteiger partial charge in [0.1, 0.15) is 5.75 Å². The molecule has 0 amide bonds. The molecule has 0 spiro atoms. The van der Waals surface area contributed by atoms with Gasteiger partial charge in [0.05, 0.1) is 18.1 Å². The van der Waals surface area contributed by atoms with Gasteiger partial charge in [-0.2, -0.15) is 5.26 Å². The average Bonchev–Trinajstić information content (AvgIpc) is 2.21. The van der Waals surface area contributed by atoms with E-state index in [1.54, 1.807) is 20.8 Å². The summed E-state index contributed by atoms with van der Waals surface area (Å²) in [4.78, 5) is 0. The maximum absolute atomic E-state index is 12.1. The van der Waals surface area contributed by atoms with E-state index in [1.807, 2.05) is 6.07 Å². The van der Waals surface area contributed by atoms with Crippen LogP contribution in [0.1, 0.15) is 22.3 Å². The summed E-state index contributed by atoms with van der Waals surface area (Å²) in [5, 5.41) is 8.91. The Morgan fingerprint density at radius 3 is 2.29 bits per heavy atom. The lowest BCUT2D eigenvalue weighted by atomic mass is 9.94. The zero-order valence-electron chi connectivity index (χ0n) is 9.85. The van der Waals surface area contributed by atoms with E-state index >= 15 is 0 Å². The molecule has 6 heteroatoms. The van der Waals surface area contributed by atoms with Crippen LogP contribution in [0.5, 0.6) is 5.75 Å². The fourth-order valence-electron chi connectivity index (χ4n) is 1.55. The SMILES string of the molecule is Cc1cc(OC[B-](F)(F)F)c(C)c(C)c1C#N. The molecular formula is C11H12BF3NO-. The van der Waals surface area contributed by atoms with E-state index in [1.165, 1.54) is 6.07 Å². The summed E-state index contributed by atoms with van der Waals surface area (Å²) in [7, 11) is 0. The molecule has 92 valence electrons. The minimum absolute atomic E-state index is 0.193. The van der Waals surface area contributed by atoms with Gasteiger partial charge in [-0.25, -0.2) is 0 Å². The minimum atomic E-state index is -4.97. The van der Waals surface area contributed by atoms with Crippen molar-refractivity contribution in [2.75, 3.05) is 6.51 Å². The van der Waals surface area contributed by atoms with Gasteiger partial charge in [-0.05, 0) is 43.5 Å². The molecule has 0 aliphatic rings. The monoisotopic (exact) mass is 242 g/mol. The third-order valence-electron chi connectivity index (χ3n) is 2.59. The number of hydrogen-bond donors (Lipinski definition) is 0. The molecule has 0 aliphatic carbocycles. The Balaban J connectivity index is 3.08. The first-order valence-corrected chi connectivity index (χ1v) is 5.11. The van der Waals surface area contributed by atoms with Crippen molar-refractivity contribution < 1.29 is 17.7 Å². The molecule has 0 fully saturated rings. The first-order valence-electron chi connectivity index (χ1n) is 5.11. The highest BCUT2D eigenvalue weighted by Gasteiger charge is 2.25. The zero-order valence-corrected chi connectivity index (χ0v) is 9.85. The fourth-order valence-corrected chi connectivity index (χ4v) is 1.55. The van der Waals surface area contributed by atoms with Crippen LogP contribution in [0, 0.1) is 32.1 Å². The normalized spacial score (nSPS) is 11.1. The minimum Gasteiger partial charge on any atom is -0.521 e. The van der Waals surface area contributed by atoms with E-state index in [4.69, 9.17) is 10.00 Å². The highest BCUT2D eigenvalue weighted by atomic mass is 19.4. The molecule has 0 radical (unpaired) electrons. The molecule has 0 heterocycles. The molecular weight excluding hydrogens is 230 g/mol. The molecule has 0 atom stereocenters. The van der Waals surface area contributed by atoms with Gasteiger partial charge in [0.25, 0.3) is 0 Å². The molecule has 0 aromatic heterocycles. The number of nitriles is 1. The van der Waals surface area contributed by atoms with Crippen LogP contribution >= 0.6 is 0 Å². The van der Waals surface area contributed by atoms with Crippen LogP contribution in [0.25, 0.3) is 0 Å². The lowest BCUT2D eigenvalue weighted by Crippen LogP contribution is -2.26. The van der Waals surface area contributed by atoms with Crippen molar-refractivity contribution in [3.8, 4) is 11.8 Å². The number of halogens is 3. The Morgan fingerprint density at radius 1 is 1.24 bits per heavy atom. The standard InChI is InChI=1S/C11H12BF3NO/c1-7-4-11(17-6-12(13,14)15)9(3)8(2)10(7)5-16/h4H,6H2,1-3H3/q-1. The number of benzene rings is 1. The van der Waals surface area contributed by atoms with E-state index in [-0.39, 0.29) is 5.75 Å². The first kappa shape index (κ1) is 13.4. The Hall–Kier alpha value is -1.64. The lowest BCUT2D eigenvalue weighted by Gasteiger charge is -2.18. The lowest BCUT2D eigenvalue weighted by molar-refractivity contribution is 0.311. The number of aryl methyl sites for hydroxylation is 1. The second-order valence-electron chi connectivity index (χ2n) is 3.95. The van der Waals surface area contributed by atoms with Crippen molar-refractivity contribution in [3.63, 3.8) is 0 Å². The van der Waals surface area contributed by atoms with E-state index < -0.39 is 13.5 Å². The Labute approximate surface area is 98.1 Å². The topological polar surface area (TPSA) is 33.0 Å². The number of rotatable bonds is 3. The summed E-state index contributed by atoms with van der Waals surface area (Å²) >= 11 is 0. The quantitative estimate of drug-likeness (QED) is 0.762. The van der Waals surface area contributed by atoms with Gasteiger partial charge in [-0.3, -0.25) is 0 Å². The second-order valence-corrected chi connectivity index (χ2v) is 3.95. The van der Waals surface area contributed by atoms with Crippen LogP contribution < -0.4 is 4.74 Å². The third kappa shape index (κ3) is 3.16. The van der Waals surface area contributed by atoms with E-state index in [2.05, 4.69) is 0 Å². The zero-order chi connectivity index (χ0) is 13.2. The maximum atomic E-state index is 12.1. The molecule has 1 rings (SSSR count). The molecule has 2 nitrogen and oxygen atoms in total. The molecule has 0 bridgehead atoms. The van der Waals surface area contributed by atoms with Crippen molar-refractivity contribution >= 4 is 6.98 Å². The molecule has 1 aromatic rings. The molecule has 0 saturated carbocycles. The van der Waals surface area contributed by atoms with Crippen molar-refractivity contribution in [2.45, 2.75) is 20.8 Å². The molecule has 0 N–H and O–H groups in total. The molecule has 0 aliphatic heterocycles. The van der Waals surface area contributed by atoms with Crippen molar-refractivity contribution in [2.24, 2.45) is 0 Å². The van der Waals surface area contributed by atoms with Gasteiger partial charge in [-0.1, -0.05) is 0 Å². The maximum Gasteiger partial charge on any atom is 0.515 e. The van der Waals surface area contributed by atoms with E-state index in [0.29, 0.717) is 22.3 Å². The van der Waals surface area contributed by atoms with Gasteiger partial charge in [0.15, 0.2) is 0 Å². The predicted molar refractivity (Wildman–Crippen MR) is 59.9 cm³/mol. The van der Waals surface area contributed by atoms with Crippen LogP contribution in [0.4, 0.5) is 12.9 Å². The fraction of sp³-hybridized carbons (Fsp3) is 0.364. The van der Waals surface area contributed by atoms with Gasteiger partial charge >= 0.3 is 6.98 Å². The Bertz CT molecular complexity index is 477. The van der Waals surface area contributed by atoms with Gasteiger partial charge in [-0.15, -0.1) is 0 Å². The second kappa shape index (κ2) is 4.70. The highest BCUT2D eigenvalue weighted by Crippen LogP contribution is 2.28. The van der Waals surface area contributed by atoms with Crippen molar-refractivity contribution in [3.05, 3.63) is 28.3 Å². The van der Waals surface area contributed by atoms with Gasteiger partial charge in [0, 0.05) is 0 Å². The van der Waals surface area contributed by atoms with Gasteiger partial charge < -0.3 is 17.7 Å². The molecule has 0 unspecified atom stereocenters. The Morgan fingerprint density at radius 2 is 1.82 bits per heavy atom. The highest BCUT2D eigenvalue weighted by molar-refractivity contribution is 6.58. The average molecular weight is 242 g/mol. The van der Waals surface area contributed by atoms with E-state index in [9.17, 15) is 12.9 Å². The Kier molecular flexibility index (Phi) is 3.71. The van der Waals surface area contributed by atoms with Crippen LogP contribution in [-0.2, 0) is 0 Å². The van der Waals surface area contributed by atoms with Crippen LogP contribution in [0.2, 0.25) is 0 Å². The summed E-state index contributed by atoms with van der Waals surface area (Å²) < 4.78 is 41.1. The smallest absolute Gasteiger partial charge is 0.515 e. The summed E-state index contributed by atoms with van der Waals surface area (Å²) in [6.07, 6.45) is 0. The largest absolute Gasteiger partial charge is 0.521 e. The summed E-state index contributed by atoms with van der Waals surface area (Å²) in [6.45, 7) is -1.20. The molecule has 0 saturated heterocycles. The molecule has 1 aromatic carbocycles. The predicted octanol–water partition coefficient (Wildman–Crippen LogP) is 3.25. The van der Waals surface area contributed by atoms with Crippen LogP contribution in [0.15, 0.2) is 6.07 Å². The number of hydrogen-bond acceptors (Lipinski definition) is 2. The third-order valence-corrected chi connectivity index (χ3v) is 2.59. The number of ether oxygens (including phenoxy) is 1.